The van der Waals surface area contributed by atoms with Gasteiger partial charge in [-0.1, -0.05) is 87.3 Å². The van der Waals surface area contributed by atoms with Crippen LogP contribution in [0.15, 0.2) is 30.3 Å². The predicted molar refractivity (Wildman–Crippen MR) is 75.0 cm³/mol. The van der Waals surface area contributed by atoms with Gasteiger partial charge < -0.3 is 0 Å². The van der Waals surface area contributed by atoms with Gasteiger partial charge in [0.2, 0.25) is 3.07 Å². The van der Waals surface area contributed by atoms with Crippen molar-refractivity contribution >= 4 is 51.8 Å². The molecule has 0 aromatic heterocycles. The highest BCUT2D eigenvalue weighted by atomic mass is 127. The summed E-state index contributed by atoms with van der Waals surface area (Å²) < 4.78 is -1.14. The molecule has 1 aromatic rings. The van der Waals surface area contributed by atoms with Crippen molar-refractivity contribution in [3.63, 3.8) is 0 Å². The lowest BCUT2D eigenvalue weighted by Crippen LogP contribution is -2.34. The summed E-state index contributed by atoms with van der Waals surface area (Å²) in [5.41, 5.74) is 0. The van der Waals surface area contributed by atoms with E-state index in [4.69, 9.17) is 0 Å². The number of hydrogen-bond donors (Lipinski definition) is 0. The maximum absolute atomic E-state index is 2.67. The van der Waals surface area contributed by atoms with Crippen LogP contribution in [0.2, 0.25) is 6.04 Å². The van der Waals surface area contributed by atoms with Gasteiger partial charge in [-0.05, 0) is 11.2 Å². The maximum atomic E-state index is 2.67. The molecule has 66 valence electrons. The van der Waals surface area contributed by atoms with E-state index in [-0.39, 0.29) is 0 Å². The van der Waals surface area contributed by atoms with E-state index in [9.17, 15) is 0 Å². The Hall–Kier alpha value is 0.897. The van der Waals surface area contributed by atoms with Crippen molar-refractivity contribution in [3.8, 4) is 0 Å². The van der Waals surface area contributed by atoms with Gasteiger partial charge in [0.25, 0.3) is 0 Å². The molecule has 0 nitrogen and oxygen atoms in total. The van der Waals surface area contributed by atoms with Crippen LogP contribution in [0.4, 0.5) is 0 Å². The Kier molecular flexibility index (Phi) is 4.53. The van der Waals surface area contributed by atoms with Crippen molar-refractivity contribution in [2.45, 2.75) is 19.4 Å². The first-order valence-electron chi connectivity index (χ1n) is 4.10. The van der Waals surface area contributed by atoms with Crippen LogP contribution in [0.25, 0.3) is 0 Å². The van der Waals surface area contributed by atoms with Gasteiger partial charge in [0.1, 0.15) is 0 Å². The lowest BCUT2D eigenvalue weighted by atomic mass is 10.4. The third-order valence-corrected chi connectivity index (χ3v) is 11.0. The fraction of sp³-hybridized carbons (Fsp3) is 0.333. The molecule has 12 heavy (non-hydrogen) atoms. The van der Waals surface area contributed by atoms with Crippen molar-refractivity contribution < 1.29 is 0 Å². The smallest absolute Gasteiger partial charge is 0.0984 e. The van der Waals surface area contributed by atoms with E-state index in [0.717, 1.165) is 0 Å². The number of rotatable bonds is 3. The van der Waals surface area contributed by atoms with E-state index >= 15 is 0 Å². The molecule has 0 saturated heterocycles. The first kappa shape index (κ1) is 11.0. The summed E-state index contributed by atoms with van der Waals surface area (Å²) in [5, 5.41) is 1.56. The molecule has 0 heterocycles. The van der Waals surface area contributed by atoms with Crippen molar-refractivity contribution in [3.05, 3.63) is 30.3 Å². The van der Waals surface area contributed by atoms with Crippen LogP contribution >= 0.6 is 43.6 Å². The molecule has 0 aliphatic heterocycles. The Balaban J connectivity index is 2.82. The minimum Gasteiger partial charge on any atom is -0.0984 e. The first-order valence-corrected chi connectivity index (χ1v) is 12.5. The summed E-state index contributed by atoms with van der Waals surface area (Å²) in [6.45, 7) is 2.27. The lowest BCUT2D eigenvalue weighted by Gasteiger charge is -2.16. The molecule has 0 N–H and O–H groups in total. The topological polar surface area (TPSA) is 0 Å². The van der Waals surface area contributed by atoms with Crippen molar-refractivity contribution in [2.24, 2.45) is 0 Å². The lowest BCUT2D eigenvalue weighted by molar-refractivity contribution is 1.08. The van der Waals surface area contributed by atoms with E-state index in [1.54, 1.807) is 5.19 Å². The molecule has 1 rings (SSSR count). The van der Waals surface area contributed by atoms with Crippen molar-refractivity contribution in [2.75, 3.05) is 0 Å². The van der Waals surface area contributed by atoms with Crippen molar-refractivity contribution in [1.82, 2.24) is 0 Å². The quantitative estimate of drug-likeness (QED) is 0.412. The summed E-state index contributed by atoms with van der Waals surface area (Å²) >= 11 is 5.33. The van der Waals surface area contributed by atoms with Gasteiger partial charge >= 0.3 is 0 Å². The summed E-state index contributed by atoms with van der Waals surface area (Å²) in [7, 11) is 0. The highest BCUT2D eigenvalue weighted by Gasteiger charge is 2.26. The second kappa shape index (κ2) is 4.95. The minimum atomic E-state index is -1.14. The highest BCUT2D eigenvalue weighted by Crippen LogP contribution is 2.27. The molecule has 0 fully saturated rings. The molecule has 1 aromatic carbocycles. The summed E-state index contributed by atoms with van der Waals surface area (Å²) in [6.07, 6.45) is 1.30. The van der Waals surface area contributed by atoms with Gasteiger partial charge in [0.15, 0.2) is 0 Å². The van der Waals surface area contributed by atoms with Gasteiger partial charge in [-0.25, -0.2) is 0 Å². The van der Waals surface area contributed by atoms with Gasteiger partial charge in [0, 0.05) is 0 Å². The van der Waals surface area contributed by atoms with Crippen LogP contribution in [0.3, 0.4) is 0 Å². The SMILES string of the molecule is CCC[Si](I)(I)c1ccccc1. The zero-order chi connectivity index (χ0) is 9.03. The largest absolute Gasteiger partial charge is 0.221 e. The second-order valence-corrected chi connectivity index (χ2v) is 22.5. The molecule has 0 radical (unpaired) electrons. The Morgan fingerprint density at radius 3 is 2.25 bits per heavy atom. The van der Waals surface area contributed by atoms with Crippen LogP contribution in [-0.2, 0) is 0 Å². The molecule has 0 saturated carbocycles. The van der Waals surface area contributed by atoms with E-state index in [0.29, 0.717) is 0 Å². The Bertz CT molecular complexity index is 234. The molecule has 0 amide bonds. The monoisotopic (exact) mass is 402 g/mol. The third-order valence-electron chi connectivity index (χ3n) is 1.76. The fourth-order valence-electron chi connectivity index (χ4n) is 1.14. The Morgan fingerprint density at radius 1 is 1.17 bits per heavy atom. The molecule has 0 spiro atoms. The fourth-order valence-corrected chi connectivity index (χ4v) is 8.13. The zero-order valence-electron chi connectivity index (χ0n) is 7.06. The molecule has 0 aliphatic rings. The van der Waals surface area contributed by atoms with Crippen LogP contribution in [0.1, 0.15) is 13.3 Å². The van der Waals surface area contributed by atoms with Crippen LogP contribution in [-0.4, -0.2) is 3.07 Å². The molecular formula is C9H12I2Si. The standard InChI is InChI=1S/C9H12I2Si/c1-2-8-12(10,11)9-6-4-3-5-7-9/h3-7H,2,8H2,1H3. The average Bonchev–Trinajstić information content (AvgIpc) is 2.06. The Morgan fingerprint density at radius 2 is 1.75 bits per heavy atom. The van der Waals surface area contributed by atoms with Crippen LogP contribution in [0, 0.1) is 0 Å². The number of benzene rings is 1. The highest BCUT2D eigenvalue weighted by molar-refractivity contribution is 14.3. The third kappa shape index (κ3) is 2.99. The molecule has 0 atom stereocenters. The molecular weight excluding hydrogens is 390 g/mol. The normalized spacial score (nSPS) is 11.6. The molecule has 0 bridgehead atoms. The van der Waals surface area contributed by atoms with E-state index in [1.165, 1.54) is 12.5 Å². The average molecular weight is 402 g/mol. The van der Waals surface area contributed by atoms with Crippen LogP contribution in [0.5, 0.6) is 0 Å². The molecule has 0 unspecified atom stereocenters. The van der Waals surface area contributed by atoms with E-state index in [2.05, 4.69) is 80.8 Å². The molecule has 3 heteroatoms. The Labute approximate surface area is 101 Å². The van der Waals surface area contributed by atoms with Gasteiger partial charge in [-0.15, -0.1) is 0 Å². The summed E-state index contributed by atoms with van der Waals surface area (Å²) in [5.74, 6) is 0. The van der Waals surface area contributed by atoms with E-state index in [1.807, 2.05) is 0 Å². The van der Waals surface area contributed by atoms with Gasteiger partial charge in [-0.2, -0.15) is 0 Å². The maximum Gasteiger partial charge on any atom is 0.221 e. The van der Waals surface area contributed by atoms with Gasteiger partial charge in [0.05, 0.1) is 0 Å². The minimum absolute atomic E-state index is 1.14. The zero-order valence-corrected chi connectivity index (χ0v) is 12.4. The predicted octanol–water partition coefficient (Wildman–Crippen LogP) is 3.62. The summed E-state index contributed by atoms with van der Waals surface area (Å²) in [4.78, 5) is 0. The summed E-state index contributed by atoms with van der Waals surface area (Å²) in [6, 6.07) is 12.3. The van der Waals surface area contributed by atoms with Gasteiger partial charge in [-0.3, -0.25) is 0 Å². The first-order chi connectivity index (χ1) is 5.67. The molecule has 0 aliphatic carbocycles. The number of halogens is 2. The second-order valence-electron chi connectivity index (χ2n) is 2.82. The van der Waals surface area contributed by atoms with Crippen molar-refractivity contribution in [1.29, 1.82) is 0 Å². The van der Waals surface area contributed by atoms with Crippen LogP contribution < -0.4 is 5.19 Å². The number of hydrogen-bond acceptors (Lipinski definition) is 0. The van der Waals surface area contributed by atoms with E-state index < -0.39 is 3.07 Å².